The molecule has 2 aromatic heterocycles. The van der Waals surface area contributed by atoms with Gasteiger partial charge in [-0.15, -0.1) is 33.1 Å². The summed E-state index contributed by atoms with van der Waals surface area (Å²) < 4.78 is 5.22. The minimum Gasteiger partial charge on any atom is -0.418 e. The van der Waals surface area contributed by atoms with Gasteiger partial charge in [0.1, 0.15) is 11.6 Å². The molecular weight excluding hydrogens is 210 g/mol. The smallest absolute Gasteiger partial charge is 0.267 e. The summed E-state index contributed by atoms with van der Waals surface area (Å²) >= 11 is 7.06. The van der Waals surface area contributed by atoms with E-state index in [-0.39, 0.29) is 5.88 Å². The van der Waals surface area contributed by atoms with Gasteiger partial charge in [0.05, 0.1) is 5.01 Å². The molecule has 0 spiro atoms. The molecule has 68 valence electrons. The molecule has 0 unspecified atom stereocenters. The second-order valence-electron chi connectivity index (χ2n) is 2.39. The molecule has 0 aliphatic rings. The number of hydrogen-bond donors (Lipinski definition) is 0. The lowest BCUT2D eigenvalue weighted by Crippen LogP contribution is -1.77. The minimum absolute atomic E-state index is 0.232. The molecule has 0 bridgehead atoms. The highest BCUT2D eigenvalue weighted by Gasteiger charge is 2.09. The van der Waals surface area contributed by atoms with E-state index in [0.29, 0.717) is 17.5 Å². The van der Waals surface area contributed by atoms with Crippen LogP contribution in [0.3, 0.4) is 0 Å². The van der Waals surface area contributed by atoms with Crippen molar-refractivity contribution in [1.82, 2.24) is 15.2 Å². The van der Waals surface area contributed by atoms with Gasteiger partial charge in [0.2, 0.25) is 5.89 Å². The van der Waals surface area contributed by atoms with Crippen molar-refractivity contribution in [2.45, 2.75) is 12.8 Å². The van der Waals surface area contributed by atoms with Gasteiger partial charge in [-0.3, -0.25) is 0 Å². The van der Waals surface area contributed by atoms with Crippen molar-refractivity contribution < 1.29 is 4.42 Å². The monoisotopic (exact) mass is 215 g/mol. The summed E-state index contributed by atoms with van der Waals surface area (Å²) in [5.74, 6) is 1.08. The largest absolute Gasteiger partial charge is 0.418 e. The lowest BCUT2D eigenvalue weighted by Gasteiger charge is -1.83. The van der Waals surface area contributed by atoms with E-state index in [4.69, 9.17) is 16.0 Å². The molecule has 0 amide bonds. The molecule has 2 heterocycles. The van der Waals surface area contributed by atoms with Gasteiger partial charge in [-0.1, -0.05) is 0 Å². The fourth-order valence-electron chi connectivity index (χ4n) is 0.873. The molecule has 0 fully saturated rings. The van der Waals surface area contributed by atoms with E-state index in [1.165, 1.54) is 0 Å². The van der Waals surface area contributed by atoms with Gasteiger partial charge in [0, 0.05) is 5.38 Å². The Kier molecular flexibility index (Phi) is 2.28. The van der Waals surface area contributed by atoms with Gasteiger partial charge in [-0.05, 0) is 6.92 Å². The number of thiazole rings is 1. The van der Waals surface area contributed by atoms with Crippen molar-refractivity contribution in [3.63, 3.8) is 0 Å². The van der Waals surface area contributed by atoms with E-state index in [2.05, 4.69) is 15.2 Å². The first-order valence-electron chi connectivity index (χ1n) is 3.60. The number of aryl methyl sites for hydroxylation is 1. The molecule has 2 aromatic rings. The predicted molar refractivity (Wildman–Crippen MR) is 49.7 cm³/mol. The number of hydrogen-bond acceptors (Lipinski definition) is 5. The Labute approximate surface area is 83.6 Å². The molecule has 0 radical (unpaired) electrons. The Morgan fingerprint density at radius 1 is 1.54 bits per heavy atom. The van der Waals surface area contributed by atoms with E-state index < -0.39 is 0 Å². The molecule has 4 nitrogen and oxygen atoms in total. The summed E-state index contributed by atoms with van der Waals surface area (Å²) in [5, 5.41) is 10.4. The zero-order valence-corrected chi connectivity index (χ0v) is 8.39. The van der Waals surface area contributed by atoms with Crippen molar-refractivity contribution in [2.24, 2.45) is 0 Å². The third-order valence-electron chi connectivity index (χ3n) is 1.42. The first kappa shape index (κ1) is 8.65. The summed E-state index contributed by atoms with van der Waals surface area (Å²) in [7, 11) is 0. The molecule has 13 heavy (non-hydrogen) atoms. The summed E-state index contributed by atoms with van der Waals surface area (Å²) in [6, 6.07) is 0. The van der Waals surface area contributed by atoms with E-state index in [1.54, 1.807) is 11.3 Å². The van der Waals surface area contributed by atoms with Gasteiger partial charge in [0.15, 0.2) is 0 Å². The number of aromatic nitrogens is 3. The van der Waals surface area contributed by atoms with Crippen LogP contribution in [0.15, 0.2) is 9.80 Å². The molecule has 0 saturated heterocycles. The molecule has 0 aliphatic heterocycles. The van der Waals surface area contributed by atoms with Gasteiger partial charge in [-0.25, -0.2) is 4.98 Å². The molecule has 0 saturated carbocycles. The molecular formula is C7H6ClN3OS. The quantitative estimate of drug-likeness (QED) is 0.721. The van der Waals surface area contributed by atoms with Crippen LogP contribution in [0.4, 0.5) is 0 Å². The third-order valence-corrected chi connectivity index (χ3v) is 2.42. The van der Waals surface area contributed by atoms with Crippen molar-refractivity contribution in [2.75, 3.05) is 0 Å². The lowest BCUT2D eigenvalue weighted by atomic mass is 10.5. The highest BCUT2D eigenvalue weighted by atomic mass is 35.5. The average molecular weight is 216 g/mol. The predicted octanol–water partition coefficient (Wildman–Crippen LogP) is 2.24. The molecule has 0 aliphatic carbocycles. The molecule has 0 aromatic carbocycles. The molecule has 6 heteroatoms. The van der Waals surface area contributed by atoms with Crippen LogP contribution in [0.25, 0.3) is 11.6 Å². The molecule has 0 N–H and O–H groups in total. The van der Waals surface area contributed by atoms with E-state index in [9.17, 15) is 0 Å². The highest BCUT2D eigenvalue weighted by molar-refractivity contribution is 7.09. The van der Waals surface area contributed by atoms with Crippen LogP contribution in [-0.2, 0) is 5.88 Å². The van der Waals surface area contributed by atoms with Crippen LogP contribution in [0.1, 0.15) is 10.9 Å². The van der Waals surface area contributed by atoms with Crippen molar-refractivity contribution >= 4 is 22.9 Å². The third kappa shape index (κ3) is 1.71. The maximum absolute atomic E-state index is 5.52. The molecule has 2 rings (SSSR count). The Bertz CT molecular complexity index is 411. The standard InChI is InChI=1S/C7H6ClN3OS/c1-4-9-5(3-13-4)7-11-10-6(2-8)12-7/h3H,2H2,1H3. The van der Waals surface area contributed by atoms with Crippen LogP contribution in [0.2, 0.25) is 0 Å². The maximum atomic E-state index is 5.52. The summed E-state index contributed by atoms with van der Waals surface area (Å²) in [6.45, 7) is 1.92. The van der Waals surface area contributed by atoms with E-state index in [1.807, 2.05) is 12.3 Å². The highest BCUT2D eigenvalue weighted by Crippen LogP contribution is 2.20. The Hall–Kier alpha value is -0.940. The van der Waals surface area contributed by atoms with E-state index >= 15 is 0 Å². The van der Waals surface area contributed by atoms with Gasteiger partial charge in [-0.2, -0.15) is 0 Å². The SMILES string of the molecule is Cc1nc(-c2nnc(CCl)o2)cs1. The Balaban J connectivity index is 2.35. The average Bonchev–Trinajstić information content (AvgIpc) is 2.71. The maximum Gasteiger partial charge on any atom is 0.267 e. The number of rotatable bonds is 2. The van der Waals surface area contributed by atoms with Crippen molar-refractivity contribution in [3.8, 4) is 11.6 Å². The normalized spacial score (nSPS) is 10.6. The van der Waals surface area contributed by atoms with Crippen molar-refractivity contribution in [1.29, 1.82) is 0 Å². The van der Waals surface area contributed by atoms with Crippen LogP contribution in [0, 0.1) is 6.92 Å². The number of halogens is 1. The van der Waals surface area contributed by atoms with Gasteiger partial charge < -0.3 is 4.42 Å². The summed E-state index contributed by atoms with van der Waals surface area (Å²) in [6.07, 6.45) is 0. The van der Waals surface area contributed by atoms with Gasteiger partial charge in [0.25, 0.3) is 5.89 Å². The first-order valence-corrected chi connectivity index (χ1v) is 5.02. The lowest BCUT2D eigenvalue weighted by molar-refractivity contribution is 0.526. The minimum atomic E-state index is 0.232. The van der Waals surface area contributed by atoms with Crippen LogP contribution in [-0.4, -0.2) is 15.2 Å². The van der Waals surface area contributed by atoms with Gasteiger partial charge >= 0.3 is 0 Å². The zero-order valence-electron chi connectivity index (χ0n) is 6.82. The first-order chi connectivity index (χ1) is 6.29. The zero-order chi connectivity index (χ0) is 9.26. The summed E-state index contributed by atoms with van der Waals surface area (Å²) in [5.41, 5.74) is 0.714. The van der Waals surface area contributed by atoms with E-state index in [0.717, 1.165) is 5.01 Å². The second-order valence-corrected chi connectivity index (χ2v) is 3.72. The molecule has 0 atom stereocenters. The van der Waals surface area contributed by atoms with Crippen LogP contribution < -0.4 is 0 Å². The van der Waals surface area contributed by atoms with Crippen molar-refractivity contribution in [3.05, 3.63) is 16.3 Å². The fourth-order valence-corrected chi connectivity index (χ4v) is 1.57. The Morgan fingerprint density at radius 2 is 2.38 bits per heavy atom. The number of alkyl halides is 1. The van der Waals surface area contributed by atoms with Crippen LogP contribution >= 0.6 is 22.9 Å². The second kappa shape index (κ2) is 3.43. The summed E-state index contributed by atoms with van der Waals surface area (Å²) in [4.78, 5) is 4.21. The van der Waals surface area contributed by atoms with Crippen LogP contribution in [0.5, 0.6) is 0 Å². The Morgan fingerprint density at radius 3 is 2.92 bits per heavy atom. The topological polar surface area (TPSA) is 51.8 Å². The fraction of sp³-hybridized carbons (Fsp3) is 0.286. The number of nitrogens with zero attached hydrogens (tertiary/aromatic N) is 3.